The number of hydrogen-bond acceptors (Lipinski definition) is 4. The molecule has 0 radical (unpaired) electrons. The van der Waals surface area contributed by atoms with Crippen molar-refractivity contribution in [1.29, 1.82) is 0 Å². The number of thiocarbonyl (C=S) groups is 1. The van der Waals surface area contributed by atoms with E-state index < -0.39 is 0 Å². The summed E-state index contributed by atoms with van der Waals surface area (Å²) in [6.45, 7) is 2.43. The summed E-state index contributed by atoms with van der Waals surface area (Å²) in [5.74, 6) is -0.411. The number of thioether (sulfide) groups is 1. The molecule has 1 aromatic heterocycles. The van der Waals surface area contributed by atoms with Gasteiger partial charge in [0.2, 0.25) is 0 Å². The van der Waals surface area contributed by atoms with Crippen LogP contribution in [0.2, 0.25) is 0 Å². The van der Waals surface area contributed by atoms with Crippen LogP contribution in [-0.4, -0.2) is 31.5 Å². The van der Waals surface area contributed by atoms with Crippen LogP contribution >= 0.6 is 24.0 Å². The third-order valence-electron chi connectivity index (χ3n) is 4.36. The van der Waals surface area contributed by atoms with Gasteiger partial charge in [0.15, 0.2) is 0 Å². The van der Waals surface area contributed by atoms with Crippen molar-refractivity contribution in [3.63, 3.8) is 0 Å². The second-order valence-electron chi connectivity index (χ2n) is 6.15. The molecule has 0 unspecified atom stereocenters. The molecule has 1 fully saturated rings. The second-order valence-corrected chi connectivity index (χ2v) is 7.82. The van der Waals surface area contributed by atoms with Gasteiger partial charge in [0, 0.05) is 23.9 Å². The van der Waals surface area contributed by atoms with Gasteiger partial charge in [-0.2, -0.15) is 5.10 Å². The molecule has 28 heavy (non-hydrogen) atoms. The molecule has 0 spiro atoms. The first-order chi connectivity index (χ1) is 13.6. The first-order valence-corrected chi connectivity index (χ1v) is 9.95. The lowest BCUT2D eigenvalue weighted by atomic mass is 10.1. The standard InChI is InChI=1S/C21H16FN3OS2/c1-2-24-20(26)18(28-21(24)27)12-15-13-25(17-6-4-3-5-7-17)23-19(15)14-8-10-16(22)11-9-14/h3-13H,2H2,1H3/b18-12-. The number of carbonyl (C=O) groups is 1. The molecule has 3 aromatic rings. The summed E-state index contributed by atoms with van der Waals surface area (Å²) in [6, 6.07) is 15.9. The molecule has 2 heterocycles. The zero-order valence-corrected chi connectivity index (χ0v) is 16.6. The van der Waals surface area contributed by atoms with Crippen molar-refractivity contribution in [1.82, 2.24) is 14.7 Å². The van der Waals surface area contributed by atoms with Crippen LogP contribution in [0.4, 0.5) is 4.39 Å². The third-order valence-corrected chi connectivity index (χ3v) is 5.74. The smallest absolute Gasteiger partial charge is 0.266 e. The molecule has 140 valence electrons. The van der Waals surface area contributed by atoms with Crippen molar-refractivity contribution in [3.05, 3.63) is 77.1 Å². The number of para-hydroxylation sites is 1. The van der Waals surface area contributed by atoms with E-state index in [1.54, 1.807) is 27.8 Å². The van der Waals surface area contributed by atoms with Crippen molar-refractivity contribution < 1.29 is 9.18 Å². The fourth-order valence-corrected chi connectivity index (χ4v) is 4.33. The maximum atomic E-state index is 13.4. The van der Waals surface area contributed by atoms with Crippen LogP contribution in [0.1, 0.15) is 12.5 Å². The van der Waals surface area contributed by atoms with Crippen molar-refractivity contribution >= 4 is 40.3 Å². The zero-order chi connectivity index (χ0) is 19.7. The molecule has 2 aromatic carbocycles. The normalized spacial score (nSPS) is 15.6. The molecular weight excluding hydrogens is 393 g/mol. The predicted octanol–water partition coefficient (Wildman–Crippen LogP) is 4.90. The molecule has 7 heteroatoms. The number of halogens is 1. The van der Waals surface area contributed by atoms with E-state index in [4.69, 9.17) is 12.2 Å². The van der Waals surface area contributed by atoms with Gasteiger partial charge in [0.1, 0.15) is 10.1 Å². The predicted molar refractivity (Wildman–Crippen MR) is 115 cm³/mol. The van der Waals surface area contributed by atoms with E-state index >= 15 is 0 Å². The summed E-state index contributed by atoms with van der Waals surface area (Å²) in [4.78, 5) is 14.7. The molecule has 1 saturated heterocycles. The highest BCUT2D eigenvalue weighted by Crippen LogP contribution is 2.34. The van der Waals surface area contributed by atoms with Crippen LogP contribution in [0.5, 0.6) is 0 Å². The Hall–Kier alpha value is -2.77. The fraction of sp³-hybridized carbons (Fsp3) is 0.0952. The average Bonchev–Trinajstić information content (AvgIpc) is 3.24. The number of aromatic nitrogens is 2. The van der Waals surface area contributed by atoms with Gasteiger partial charge in [-0.05, 0) is 49.4 Å². The average molecular weight is 410 g/mol. The maximum absolute atomic E-state index is 13.4. The van der Waals surface area contributed by atoms with Crippen molar-refractivity contribution in [2.45, 2.75) is 6.92 Å². The van der Waals surface area contributed by atoms with Crippen LogP contribution in [0.3, 0.4) is 0 Å². The van der Waals surface area contributed by atoms with Crippen LogP contribution in [0.15, 0.2) is 65.7 Å². The van der Waals surface area contributed by atoms with E-state index in [-0.39, 0.29) is 11.7 Å². The number of benzene rings is 2. The van der Waals surface area contributed by atoms with Gasteiger partial charge in [-0.15, -0.1) is 0 Å². The summed E-state index contributed by atoms with van der Waals surface area (Å²) in [7, 11) is 0. The largest absolute Gasteiger partial charge is 0.293 e. The minimum absolute atomic E-state index is 0.102. The van der Waals surface area contributed by atoms with Gasteiger partial charge >= 0.3 is 0 Å². The minimum atomic E-state index is -0.309. The van der Waals surface area contributed by atoms with E-state index in [1.165, 1.54) is 23.9 Å². The third kappa shape index (κ3) is 3.50. The monoisotopic (exact) mass is 409 g/mol. The van der Waals surface area contributed by atoms with Crippen LogP contribution in [0.25, 0.3) is 23.0 Å². The Morgan fingerprint density at radius 2 is 1.86 bits per heavy atom. The van der Waals surface area contributed by atoms with Gasteiger partial charge in [0.25, 0.3) is 5.91 Å². The lowest BCUT2D eigenvalue weighted by Gasteiger charge is -2.09. The molecular formula is C21H16FN3OS2. The lowest BCUT2D eigenvalue weighted by molar-refractivity contribution is -0.121. The Kier molecular flexibility index (Phi) is 5.11. The number of likely N-dealkylation sites (N-methyl/N-ethyl adjacent to an activating group) is 1. The summed E-state index contributed by atoms with van der Waals surface area (Å²) < 4.78 is 15.7. The SMILES string of the molecule is CCN1C(=O)/C(=C/c2cn(-c3ccccc3)nc2-c2ccc(F)cc2)SC1=S. The van der Waals surface area contributed by atoms with Crippen molar-refractivity contribution in [2.24, 2.45) is 0 Å². The first kappa shape index (κ1) is 18.6. The van der Waals surface area contributed by atoms with Gasteiger partial charge < -0.3 is 0 Å². The number of rotatable bonds is 4. The molecule has 4 rings (SSSR count). The fourth-order valence-electron chi connectivity index (χ4n) is 2.95. The molecule has 4 nitrogen and oxygen atoms in total. The number of hydrogen-bond donors (Lipinski definition) is 0. The van der Waals surface area contributed by atoms with Gasteiger partial charge in [-0.3, -0.25) is 9.69 Å². The Labute approximate surface area is 171 Å². The van der Waals surface area contributed by atoms with Crippen LogP contribution in [0, 0.1) is 5.82 Å². The van der Waals surface area contributed by atoms with Crippen molar-refractivity contribution in [3.8, 4) is 16.9 Å². The summed E-state index contributed by atoms with van der Waals surface area (Å²) in [5.41, 5.74) is 3.11. The van der Waals surface area contributed by atoms with Crippen molar-refractivity contribution in [2.75, 3.05) is 6.54 Å². The summed E-state index contributed by atoms with van der Waals surface area (Å²) >= 11 is 6.58. The lowest BCUT2D eigenvalue weighted by Crippen LogP contribution is -2.27. The van der Waals surface area contributed by atoms with Crippen LogP contribution < -0.4 is 0 Å². The Balaban J connectivity index is 1.82. The molecule has 0 N–H and O–H groups in total. The Morgan fingerprint density at radius 3 is 2.50 bits per heavy atom. The first-order valence-electron chi connectivity index (χ1n) is 8.73. The number of carbonyl (C=O) groups excluding carboxylic acids is 1. The second kappa shape index (κ2) is 7.69. The van der Waals surface area contributed by atoms with E-state index in [0.717, 1.165) is 16.8 Å². The van der Waals surface area contributed by atoms with E-state index in [0.29, 0.717) is 21.5 Å². The Bertz CT molecular complexity index is 1070. The molecule has 1 aliphatic heterocycles. The Morgan fingerprint density at radius 1 is 1.14 bits per heavy atom. The van der Waals surface area contributed by atoms with Gasteiger partial charge in [-0.25, -0.2) is 9.07 Å². The highest BCUT2D eigenvalue weighted by atomic mass is 32.2. The molecule has 0 aliphatic carbocycles. The summed E-state index contributed by atoms with van der Waals surface area (Å²) in [5, 5.41) is 4.69. The highest BCUT2D eigenvalue weighted by Gasteiger charge is 2.31. The number of amides is 1. The zero-order valence-electron chi connectivity index (χ0n) is 15.0. The van der Waals surface area contributed by atoms with Gasteiger partial charge in [-0.1, -0.05) is 42.2 Å². The topological polar surface area (TPSA) is 38.1 Å². The molecule has 1 aliphatic rings. The molecule has 0 bridgehead atoms. The number of nitrogens with zero attached hydrogens (tertiary/aromatic N) is 3. The van der Waals surface area contributed by atoms with E-state index in [2.05, 4.69) is 5.10 Å². The summed E-state index contributed by atoms with van der Waals surface area (Å²) in [6.07, 6.45) is 3.67. The van der Waals surface area contributed by atoms with Gasteiger partial charge in [0.05, 0.1) is 16.3 Å². The maximum Gasteiger partial charge on any atom is 0.266 e. The highest BCUT2D eigenvalue weighted by molar-refractivity contribution is 8.26. The van der Waals surface area contributed by atoms with Crippen LogP contribution in [-0.2, 0) is 4.79 Å². The molecule has 0 atom stereocenters. The molecule has 0 saturated carbocycles. The quantitative estimate of drug-likeness (QED) is 0.454. The van der Waals surface area contributed by atoms with E-state index in [9.17, 15) is 9.18 Å². The molecule has 1 amide bonds. The van der Waals surface area contributed by atoms with E-state index in [1.807, 2.05) is 43.5 Å². The minimum Gasteiger partial charge on any atom is -0.293 e.